The fraction of sp³-hybridized carbons (Fsp3) is 0.200. The van der Waals surface area contributed by atoms with Crippen molar-refractivity contribution in [2.24, 2.45) is 0 Å². The van der Waals surface area contributed by atoms with Gasteiger partial charge < -0.3 is 4.90 Å². The van der Waals surface area contributed by atoms with Gasteiger partial charge in [-0.2, -0.15) is 0 Å². The third kappa shape index (κ3) is 4.03. The predicted octanol–water partition coefficient (Wildman–Crippen LogP) is 3.78. The molecule has 1 N–H and O–H groups in total. The molecule has 0 aliphatic heterocycles. The van der Waals surface area contributed by atoms with Crippen LogP contribution in [0.3, 0.4) is 0 Å². The number of aryl methyl sites for hydroxylation is 2. The number of pyridine rings is 1. The minimum absolute atomic E-state index is 0.201. The quantitative estimate of drug-likeness (QED) is 0.747. The van der Waals surface area contributed by atoms with Crippen LogP contribution in [0.1, 0.15) is 32.1 Å². The van der Waals surface area contributed by atoms with Crippen molar-refractivity contribution in [1.29, 1.82) is 0 Å². The minimum atomic E-state index is -0.297. The molecule has 0 bridgehead atoms. The van der Waals surface area contributed by atoms with Gasteiger partial charge in [0, 0.05) is 25.0 Å². The van der Waals surface area contributed by atoms with E-state index in [0.717, 1.165) is 16.8 Å². The van der Waals surface area contributed by atoms with Gasteiger partial charge in [0.05, 0.1) is 17.0 Å². The maximum absolute atomic E-state index is 12.6. The highest BCUT2D eigenvalue weighted by Gasteiger charge is 2.16. The lowest BCUT2D eigenvalue weighted by atomic mass is 10.1. The number of amides is 2. The van der Waals surface area contributed by atoms with Gasteiger partial charge in [-0.1, -0.05) is 24.3 Å². The Morgan fingerprint density at radius 1 is 1.04 bits per heavy atom. The second-order valence-corrected chi connectivity index (χ2v) is 7.19. The molecule has 6 nitrogen and oxygen atoms in total. The molecule has 0 spiro atoms. The van der Waals surface area contributed by atoms with Crippen molar-refractivity contribution in [3.05, 3.63) is 64.3 Å². The third-order valence-corrected chi connectivity index (χ3v) is 4.86. The predicted molar refractivity (Wildman–Crippen MR) is 107 cm³/mol. The summed E-state index contributed by atoms with van der Waals surface area (Å²) < 4.78 is 0. The molecule has 0 aliphatic carbocycles. The molecule has 7 heteroatoms. The fourth-order valence-electron chi connectivity index (χ4n) is 2.63. The highest BCUT2D eigenvalue weighted by Crippen LogP contribution is 2.27. The molecule has 0 fully saturated rings. The molecule has 0 saturated heterocycles. The van der Waals surface area contributed by atoms with Crippen molar-refractivity contribution in [3.8, 4) is 11.3 Å². The molecule has 3 aromatic rings. The SMILES string of the molecule is Cc1ccccc1-c1csc(NC(=O)c2ccc(C(=O)N(C)C)nc2C)n1. The molecule has 0 aliphatic rings. The normalized spacial score (nSPS) is 10.5. The summed E-state index contributed by atoms with van der Waals surface area (Å²) in [5, 5.41) is 5.25. The molecule has 27 heavy (non-hydrogen) atoms. The van der Waals surface area contributed by atoms with Crippen LogP contribution in [-0.2, 0) is 0 Å². The molecule has 0 atom stereocenters. The van der Waals surface area contributed by atoms with Gasteiger partial charge in [0.2, 0.25) is 0 Å². The number of carbonyl (C=O) groups is 2. The first-order valence-electron chi connectivity index (χ1n) is 8.39. The van der Waals surface area contributed by atoms with Crippen molar-refractivity contribution in [1.82, 2.24) is 14.9 Å². The van der Waals surface area contributed by atoms with E-state index >= 15 is 0 Å². The van der Waals surface area contributed by atoms with Crippen LogP contribution in [0.5, 0.6) is 0 Å². The maximum Gasteiger partial charge on any atom is 0.271 e. The Morgan fingerprint density at radius 2 is 1.78 bits per heavy atom. The first kappa shape index (κ1) is 18.7. The Balaban J connectivity index is 1.78. The van der Waals surface area contributed by atoms with E-state index < -0.39 is 0 Å². The van der Waals surface area contributed by atoms with Crippen LogP contribution in [0.4, 0.5) is 5.13 Å². The van der Waals surface area contributed by atoms with Gasteiger partial charge in [0.25, 0.3) is 11.8 Å². The largest absolute Gasteiger partial charge is 0.343 e. The van der Waals surface area contributed by atoms with Crippen molar-refractivity contribution in [3.63, 3.8) is 0 Å². The van der Waals surface area contributed by atoms with Gasteiger partial charge in [-0.3, -0.25) is 14.9 Å². The second kappa shape index (κ2) is 7.67. The lowest BCUT2D eigenvalue weighted by Gasteiger charge is -2.11. The average molecular weight is 380 g/mol. The van der Waals surface area contributed by atoms with Crippen LogP contribution < -0.4 is 5.32 Å². The van der Waals surface area contributed by atoms with Crippen molar-refractivity contribution in [2.75, 3.05) is 19.4 Å². The number of anilines is 1. The van der Waals surface area contributed by atoms with Gasteiger partial charge in [0.15, 0.2) is 5.13 Å². The van der Waals surface area contributed by atoms with E-state index in [2.05, 4.69) is 15.3 Å². The summed E-state index contributed by atoms with van der Waals surface area (Å²) in [4.78, 5) is 34.8. The molecule has 2 amide bonds. The highest BCUT2D eigenvalue weighted by atomic mass is 32.1. The third-order valence-electron chi connectivity index (χ3n) is 4.10. The molecule has 2 heterocycles. The molecule has 2 aromatic heterocycles. The molecular weight excluding hydrogens is 360 g/mol. The number of hydrogen-bond donors (Lipinski definition) is 1. The highest BCUT2D eigenvalue weighted by molar-refractivity contribution is 7.14. The Morgan fingerprint density at radius 3 is 2.44 bits per heavy atom. The Bertz CT molecular complexity index is 1010. The van der Waals surface area contributed by atoms with Crippen LogP contribution >= 0.6 is 11.3 Å². The van der Waals surface area contributed by atoms with Crippen molar-refractivity contribution in [2.45, 2.75) is 13.8 Å². The zero-order chi connectivity index (χ0) is 19.6. The van der Waals surface area contributed by atoms with E-state index in [1.165, 1.54) is 16.2 Å². The van der Waals surface area contributed by atoms with E-state index in [1.807, 2.05) is 36.6 Å². The second-order valence-electron chi connectivity index (χ2n) is 6.34. The average Bonchev–Trinajstić information content (AvgIpc) is 3.09. The monoisotopic (exact) mass is 380 g/mol. The smallest absolute Gasteiger partial charge is 0.271 e. The first-order chi connectivity index (χ1) is 12.9. The molecule has 138 valence electrons. The summed E-state index contributed by atoms with van der Waals surface area (Å²) in [5.41, 5.74) is 4.22. The minimum Gasteiger partial charge on any atom is -0.343 e. The van der Waals surface area contributed by atoms with E-state index in [1.54, 1.807) is 33.2 Å². The Hall–Kier alpha value is -3.06. The summed E-state index contributed by atoms with van der Waals surface area (Å²) in [6.07, 6.45) is 0. The van der Waals surface area contributed by atoms with Crippen LogP contribution in [0, 0.1) is 13.8 Å². The van der Waals surface area contributed by atoms with Crippen LogP contribution in [0.25, 0.3) is 11.3 Å². The molecule has 0 radical (unpaired) electrons. The summed E-state index contributed by atoms with van der Waals surface area (Å²) in [7, 11) is 3.32. The summed E-state index contributed by atoms with van der Waals surface area (Å²) in [6, 6.07) is 11.2. The van der Waals surface area contributed by atoms with E-state index in [4.69, 9.17) is 0 Å². The number of nitrogens with zero attached hydrogens (tertiary/aromatic N) is 3. The number of carbonyl (C=O) groups excluding carboxylic acids is 2. The van der Waals surface area contributed by atoms with Crippen molar-refractivity contribution >= 4 is 28.3 Å². The summed E-state index contributed by atoms with van der Waals surface area (Å²) in [5.74, 6) is -0.498. The lowest BCUT2D eigenvalue weighted by molar-refractivity contribution is 0.0821. The molecule has 0 saturated carbocycles. The van der Waals surface area contributed by atoms with E-state index in [-0.39, 0.29) is 11.8 Å². The van der Waals surface area contributed by atoms with Crippen LogP contribution in [0.15, 0.2) is 41.8 Å². The van der Waals surface area contributed by atoms with Gasteiger partial charge in [-0.15, -0.1) is 11.3 Å². The molecule has 3 rings (SSSR count). The van der Waals surface area contributed by atoms with Gasteiger partial charge in [0.1, 0.15) is 5.69 Å². The zero-order valence-electron chi connectivity index (χ0n) is 15.6. The number of hydrogen-bond acceptors (Lipinski definition) is 5. The van der Waals surface area contributed by atoms with Crippen LogP contribution in [-0.4, -0.2) is 40.8 Å². The Labute approximate surface area is 161 Å². The van der Waals surface area contributed by atoms with Gasteiger partial charge in [-0.25, -0.2) is 9.97 Å². The zero-order valence-corrected chi connectivity index (χ0v) is 16.4. The van der Waals surface area contributed by atoms with Gasteiger partial charge >= 0.3 is 0 Å². The Kier molecular flexibility index (Phi) is 5.32. The number of nitrogens with one attached hydrogen (secondary N) is 1. The van der Waals surface area contributed by atoms with Gasteiger partial charge in [-0.05, 0) is 31.5 Å². The number of aromatic nitrogens is 2. The van der Waals surface area contributed by atoms with Crippen LogP contribution in [0.2, 0.25) is 0 Å². The van der Waals surface area contributed by atoms with E-state index in [9.17, 15) is 9.59 Å². The summed E-state index contributed by atoms with van der Waals surface area (Å²) in [6.45, 7) is 3.74. The maximum atomic E-state index is 12.6. The van der Waals surface area contributed by atoms with Crippen molar-refractivity contribution < 1.29 is 9.59 Å². The molecule has 1 aromatic carbocycles. The number of thiazole rings is 1. The fourth-order valence-corrected chi connectivity index (χ4v) is 3.33. The number of benzene rings is 1. The first-order valence-corrected chi connectivity index (χ1v) is 9.27. The topological polar surface area (TPSA) is 75.2 Å². The summed E-state index contributed by atoms with van der Waals surface area (Å²) >= 11 is 1.37. The standard InChI is InChI=1S/C20H20N4O2S/c1-12-7-5-6-8-14(12)17-11-27-20(22-17)23-18(25)15-9-10-16(21-13(15)2)19(26)24(3)4/h5-11H,1-4H3,(H,22,23,25). The number of rotatable bonds is 4. The molecule has 0 unspecified atom stereocenters. The van der Waals surface area contributed by atoms with E-state index in [0.29, 0.717) is 22.1 Å². The lowest BCUT2D eigenvalue weighted by Crippen LogP contribution is -2.23. The molecular formula is C20H20N4O2S.